The molecule has 6 nitrogen and oxygen atoms in total. The number of urea groups is 1. The molecule has 3 N–H and O–H groups in total. The number of amides is 2. The zero-order valence-corrected chi connectivity index (χ0v) is 11.9. The van der Waals surface area contributed by atoms with Crippen LogP contribution in [-0.4, -0.2) is 52.3 Å². The van der Waals surface area contributed by atoms with Crippen molar-refractivity contribution in [2.75, 3.05) is 13.1 Å². The van der Waals surface area contributed by atoms with E-state index in [1.807, 2.05) is 37.3 Å². The zero-order valence-electron chi connectivity index (χ0n) is 11.9. The van der Waals surface area contributed by atoms with Crippen molar-refractivity contribution >= 4 is 12.0 Å². The van der Waals surface area contributed by atoms with Crippen molar-refractivity contribution in [2.45, 2.75) is 31.4 Å². The molecule has 0 spiro atoms. The number of carboxylic acid groups (broad SMARTS) is 1. The van der Waals surface area contributed by atoms with Crippen LogP contribution in [0.5, 0.6) is 0 Å². The molecule has 6 heteroatoms. The molecule has 1 aromatic carbocycles. The fourth-order valence-corrected chi connectivity index (χ4v) is 2.51. The normalized spacial score (nSPS) is 22.9. The summed E-state index contributed by atoms with van der Waals surface area (Å²) in [6.45, 7) is 2.47. The molecule has 1 saturated heterocycles. The third kappa shape index (κ3) is 3.72. The molecular weight excluding hydrogens is 272 g/mol. The highest BCUT2D eigenvalue weighted by Crippen LogP contribution is 2.19. The van der Waals surface area contributed by atoms with Crippen molar-refractivity contribution < 1.29 is 19.8 Å². The molecule has 0 saturated carbocycles. The second kappa shape index (κ2) is 6.58. The Morgan fingerprint density at radius 1 is 1.38 bits per heavy atom. The molecule has 1 heterocycles. The molecule has 0 aliphatic carbocycles. The van der Waals surface area contributed by atoms with Crippen LogP contribution in [0.25, 0.3) is 0 Å². The van der Waals surface area contributed by atoms with E-state index in [0.717, 1.165) is 5.56 Å². The van der Waals surface area contributed by atoms with Gasteiger partial charge < -0.3 is 20.4 Å². The van der Waals surface area contributed by atoms with E-state index in [1.54, 1.807) is 0 Å². The maximum atomic E-state index is 12.1. The summed E-state index contributed by atoms with van der Waals surface area (Å²) in [6.07, 6.45) is -0.694. The molecule has 0 aromatic heterocycles. The number of carbonyl (C=O) groups is 2. The van der Waals surface area contributed by atoms with Gasteiger partial charge in [0.25, 0.3) is 0 Å². The number of likely N-dealkylation sites (tertiary alicyclic amines) is 1. The van der Waals surface area contributed by atoms with Crippen molar-refractivity contribution in [2.24, 2.45) is 0 Å². The van der Waals surface area contributed by atoms with E-state index < -0.39 is 24.1 Å². The number of carbonyl (C=O) groups excluding carboxylic acids is 1. The fraction of sp³-hybridized carbons (Fsp3) is 0.467. The number of β-amino-alcohol motifs (C(OH)–C–C–N with tert-alkyl or cyclic N) is 1. The first-order valence-electron chi connectivity index (χ1n) is 6.99. The summed E-state index contributed by atoms with van der Waals surface area (Å²) in [4.78, 5) is 24.4. The van der Waals surface area contributed by atoms with Crippen LogP contribution in [0.4, 0.5) is 4.79 Å². The predicted molar refractivity (Wildman–Crippen MR) is 77.0 cm³/mol. The number of aliphatic hydroxyl groups excluding tert-OH is 1. The minimum Gasteiger partial charge on any atom is -0.480 e. The third-order valence-electron chi connectivity index (χ3n) is 3.75. The number of nitrogens with one attached hydrogen (secondary N) is 1. The highest BCUT2D eigenvalue weighted by atomic mass is 16.4. The van der Waals surface area contributed by atoms with Crippen molar-refractivity contribution in [3.05, 3.63) is 35.9 Å². The highest BCUT2D eigenvalue weighted by molar-refractivity contribution is 5.83. The zero-order chi connectivity index (χ0) is 15.4. The molecule has 1 aliphatic rings. The van der Waals surface area contributed by atoms with Crippen molar-refractivity contribution in [1.82, 2.24) is 10.2 Å². The summed E-state index contributed by atoms with van der Waals surface area (Å²) >= 11 is 0. The van der Waals surface area contributed by atoms with Crippen LogP contribution >= 0.6 is 0 Å². The maximum absolute atomic E-state index is 12.1. The Morgan fingerprint density at radius 2 is 2.05 bits per heavy atom. The minimum absolute atomic E-state index is 0.0581. The number of benzene rings is 1. The summed E-state index contributed by atoms with van der Waals surface area (Å²) in [6, 6.07) is 8.37. The maximum Gasteiger partial charge on any atom is 0.326 e. The van der Waals surface area contributed by atoms with Crippen LogP contribution in [0, 0.1) is 0 Å². The topological polar surface area (TPSA) is 89.9 Å². The average molecular weight is 292 g/mol. The van der Waals surface area contributed by atoms with E-state index in [2.05, 4.69) is 5.32 Å². The molecular formula is C15H20N2O4. The molecule has 1 aromatic rings. The number of hydrogen-bond acceptors (Lipinski definition) is 3. The second-order valence-corrected chi connectivity index (χ2v) is 5.39. The number of nitrogens with zero attached hydrogens (tertiary/aromatic N) is 1. The lowest BCUT2D eigenvalue weighted by atomic mass is 10.0. The Kier molecular flexibility index (Phi) is 4.80. The number of aliphatic carboxylic acids is 1. The van der Waals surface area contributed by atoms with E-state index in [4.69, 9.17) is 5.11 Å². The van der Waals surface area contributed by atoms with Gasteiger partial charge in [-0.05, 0) is 11.5 Å². The second-order valence-electron chi connectivity index (χ2n) is 5.39. The Bertz CT molecular complexity index is 506. The molecule has 2 rings (SSSR count). The largest absolute Gasteiger partial charge is 0.480 e. The van der Waals surface area contributed by atoms with E-state index in [1.165, 1.54) is 4.90 Å². The summed E-state index contributed by atoms with van der Waals surface area (Å²) in [5.41, 5.74) is 1.11. The lowest BCUT2D eigenvalue weighted by Gasteiger charge is -2.23. The number of carboxylic acids is 1. The standard InChI is InChI=1S/C15H20N2O4/c1-10(11-5-3-2-4-6-11)8-16-15(21)17-9-12(18)7-13(17)14(19)20/h2-6,10,12-13,18H,7-9H2,1H3,(H,16,21)(H,19,20). The summed E-state index contributed by atoms with van der Waals surface area (Å²) in [5, 5.41) is 21.4. The average Bonchev–Trinajstić information content (AvgIpc) is 2.87. The van der Waals surface area contributed by atoms with Gasteiger partial charge in [-0.1, -0.05) is 37.3 Å². The van der Waals surface area contributed by atoms with Gasteiger partial charge in [0.2, 0.25) is 0 Å². The van der Waals surface area contributed by atoms with Crippen molar-refractivity contribution in [1.29, 1.82) is 0 Å². The van der Waals surface area contributed by atoms with Crippen LogP contribution in [0.3, 0.4) is 0 Å². The van der Waals surface area contributed by atoms with Gasteiger partial charge in [0.05, 0.1) is 6.10 Å². The first kappa shape index (κ1) is 15.3. The Labute approximate surface area is 123 Å². The molecule has 3 atom stereocenters. The van der Waals surface area contributed by atoms with Crippen LogP contribution in [0.2, 0.25) is 0 Å². The SMILES string of the molecule is CC(CNC(=O)N1CC(O)CC1C(=O)O)c1ccccc1. The third-order valence-corrected chi connectivity index (χ3v) is 3.75. The fourth-order valence-electron chi connectivity index (χ4n) is 2.51. The molecule has 1 fully saturated rings. The summed E-state index contributed by atoms with van der Waals surface area (Å²) < 4.78 is 0. The lowest BCUT2D eigenvalue weighted by molar-refractivity contribution is -0.141. The molecule has 114 valence electrons. The minimum atomic E-state index is -1.09. The van der Waals surface area contributed by atoms with Crippen LogP contribution in [0.15, 0.2) is 30.3 Å². The van der Waals surface area contributed by atoms with Crippen LogP contribution in [-0.2, 0) is 4.79 Å². The van der Waals surface area contributed by atoms with E-state index >= 15 is 0 Å². The predicted octanol–water partition coefficient (Wildman–Crippen LogP) is 1.02. The molecule has 21 heavy (non-hydrogen) atoms. The Morgan fingerprint density at radius 3 is 2.67 bits per heavy atom. The van der Waals surface area contributed by atoms with Crippen LogP contribution < -0.4 is 5.32 Å². The van der Waals surface area contributed by atoms with Gasteiger partial charge in [-0.25, -0.2) is 9.59 Å². The molecule has 0 radical (unpaired) electrons. The molecule has 1 aliphatic heterocycles. The summed E-state index contributed by atoms with van der Waals surface area (Å²) in [7, 11) is 0. The van der Waals surface area contributed by atoms with Crippen LogP contribution in [0.1, 0.15) is 24.8 Å². The van der Waals surface area contributed by atoms with Gasteiger partial charge >= 0.3 is 12.0 Å². The van der Waals surface area contributed by atoms with Crippen molar-refractivity contribution in [3.8, 4) is 0 Å². The van der Waals surface area contributed by atoms with E-state index in [0.29, 0.717) is 6.54 Å². The number of rotatable bonds is 4. The summed E-state index contributed by atoms with van der Waals surface area (Å²) in [5.74, 6) is -0.955. The lowest BCUT2D eigenvalue weighted by Crippen LogP contribution is -2.46. The monoisotopic (exact) mass is 292 g/mol. The molecule has 0 bridgehead atoms. The highest BCUT2D eigenvalue weighted by Gasteiger charge is 2.38. The van der Waals surface area contributed by atoms with Gasteiger partial charge in [0, 0.05) is 19.5 Å². The smallest absolute Gasteiger partial charge is 0.326 e. The van der Waals surface area contributed by atoms with Gasteiger partial charge in [-0.2, -0.15) is 0 Å². The van der Waals surface area contributed by atoms with Gasteiger partial charge in [-0.3, -0.25) is 0 Å². The van der Waals surface area contributed by atoms with Crippen molar-refractivity contribution in [3.63, 3.8) is 0 Å². The quantitative estimate of drug-likeness (QED) is 0.773. The molecule has 3 unspecified atom stereocenters. The van der Waals surface area contributed by atoms with E-state index in [-0.39, 0.29) is 18.9 Å². The van der Waals surface area contributed by atoms with Gasteiger partial charge in [0.1, 0.15) is 6.04 Å². The Balaban J connectivity index is 1.91. The first-order chi connectivity index (χ1) is 9.99. The first-order valence-corrected chi connectivity index (χ1v) is 6.99. The van der Waals surface area contributed by atoms with Gasteiger partial charge in [-0.15, -0.1) is 0 Å². The van der Waals surface area contributed by atoms with Gasteiger partial charge in [0.15, 0.2) is 0 Å². The number of hydrogen-bond donors (Lipinski definition) is 3. The Hall–Kier alpha value is -2.08. The van der Waals surface area contributed by atoms with E-state index in [9.17, 15) is 14.7 Å². The number of aliphatic hydroxyl groups is 1. The molecule has 2 amide bonds.